The molecule has 0 amide bonds. The molecule has 17 nitrogen and oxygen atoms in total. The van der Waals surface area contributed by atoms with Gasteiger partial charge in [-0.1, -0.05) is 189 Å². The van der Waals surface area contributed by atoms with Crippen molar-refractivity contribution in [3.05, 3.63) is 264 Å². The summed E-state index contributed by atoms with van der Waals surface area (Å²) in [5, 5.41) is 10.3. The van der Waals surface area contributed by atoms with Gasteiger partial charge in [0.15, 0.2) is 18.3 Å². The number of carboxylic acids is 1. The zero-order valence-electron chi connectivity index (χ0n) is 81.6. The topological polar surface area (TPSA) is 202 Å². The van der Waals surface area contributed by atoms with Crippen molar-refractivity contribution in [2.24, 2.45) is 22.2 Å². The van der Waals surface area contributed by atoms with Gasteiger partial charge in [-0.25, -0.2) is 14.4 Å². The predicted molar refractivity (Wildman–Crippen MR) is 534 cm³/mol. The zero-order valence-corrected chi connectivity index (χ0v) is 84.8. The third-order valence-corrected chi connectivity index (χ3v) is 26.9. The molecule has 13 rings (SSSR count). The number of carbonyl (C=O) groups is 3. The Bertz CT molecular complexity index is 5600. The molecular weight excluding hydrogens is 1690 g/mol. The highest BCUT2D eigenvalue weighted by Crippen LogP contribution is 2.53. The summed E-state index contributed by atoms with van der Waals surface area (Å²) in [5.41, 5.74) is 13.2. The first-order valence-electron chi connectivity index (χ1n) is 45.5. The van der Waals surface area contributed by atoms with Gasteiger partial charge in [-0.2, -0.15) is 0 Å². The first kappa shape index (κ1) is 104. The molecule has 1 saturated heterocycles. The summed E-state index contributed by atoms with van der Waals surface area (Å²) in [6.07, 6.45) is 18.7. The van der Waals surface area contributed by atoms with Crippen LogP contribution >= 0.6 is 45.6 Å². The van der Waals surface area contributed by atoms with Crippen LogP contribution in [0.4, 0.5) is 0 Å². The molecule has 0 saturated carbocycles. The maximum absolute atomic E-state index is 13.4. The van der Waals surface area contributed by atoms with Crippen LogP contribution in [0.3, 0.4) is 0 Å². The van der Waals surface area contributed by atoms with Gasteiger partial charge in [-0.15, -0.1) is 34.0 Å². The second-order valence-electron chi connectivity index (χ2n) is 41.2. The second-order valence-corrected chi connectivity index (χ2v) is 45.5. The number of aliphatic carboxylic acids is 1. The number of hydrogen-bond donors (Lipinski definition) is 1. The number of halogens is 1. The lowest BCUT2D eigenvalue weighted by Crippen LogP contribution is -2.41. The van der Waals surface area contributed by atoms with Gasteiger partial charge in [0.05, 0.1) is 60.9 Å². The van der Waals surface area contributed by atoms with Crippen molar-refractivity contribution in [2.75, 3.05) is 13.2 Å². The van der Waals surface area contributed by atoms with E-state index in [1.54, 1.807) is 60.6 Å². The molecule has 9 aromatic rings. The molecule has 1 aliphatic heterocycles. The van der Waals surface area contributed by atoms with Crippen molar-refractivity contribution in [3.8, 4) is 20.9 Å². The molecule has 3 unspecified atom stereocenters. The first-order chi connectivity index (χ1) is 60.2. The van der Waals surface area contributed by atoms with E-state index in [2.05, 4.69) is 87.5 Å². The number of carbonyl (C=O) groups excluding carboxylic acids is 2. The summed E-state index contributed by atoms with van der Waals surface area (Å²) in [7, 11) is -0.456. The monoisotopic (exact) mass is 1830 g/mol. The molecule has 129 heavy (non-hydrogen) atoms. The Balaban J connectivity index is 0.000000195. The summed E-state index contributed by atoms with van der Waals surface area (Å²) in [4.78, 5) is 81.3. The summed E-state index contributed by atoms with van der Waals surface area (Å²) < 4.78 is 47.6. The lowest BCUT2D eigenvalue weighted by atomic mass is 9.76. The van der Waals surface area contributed by atoms with Crippen LogP contribution in [-0.2, 0) is 67.0 Å². The summed E-state index contributed by atoms with van der Waals surface area (Å²) in [6.45, 7) is 57.4. The lowest BCUT2D eigenvalue weighted by Gasteiger charge is -2.32. The average Bonchev–Trinajstić information content (AvgIpc) is 1.62. The molecule has 696 valence electrons. The van der Waals surface area contributed by atoms with E-state index in [1.807, 2.05) is 239 Å². The number of esters is 2. The molecule has 0 bridgehead atoms. The molecular formula is C107H141BClN3O14S3. The van der Waals surface area contributed by atoms with Crippen molar-refractivity contribution in [2.45, 2.75) is 311 Å². The fourth-order valence-corrected chi connectivity index (χ4v) is 19.6. The highest BCUT2D eigenvalue weighted by molar-refractivity contribution is 7.17. The van der Waals surface area contributed by atoms with Gasteiger partial charge < -0.3 is 51.8 Å². The van der Waals surface area contributed by atoms with Crippen LogP contribution in [0.15, 0.2) is 179 Å². The summed E-state index contributed by atoms with van der Waals surface area (Å²) in [5.74, 6) is -0.876. The van der Waals surface area contributed by atoms with Crippen molar-refractivity contribution >= 4 is 92.8 Å². The van der Waals surface area contributed by atoms with Gasteiger partial charge in [-0.05, 0) is 256 Å². The highest BCUT2D eigenvalue weighted by Gasteiger charge is 2.52. The van der Waals surface area contributed by atoms with Crippen LogP contribution in [0, 0.1) is 42.9 Å². The second kappa shape index (κ2) is 43.8. The number of benzene rings is 3. The number of aryl methyl sites for hydroxylation is 3. The molecule has 4 aliphatic rings. The standard InChI is InChI=1S/C33H41NO4S.C31H37NO4S.C21H31ClO3S.C18H22BNO3.C4H10/c1-8-37-31(36)29(38-32(3,4)5)27-22(2)39-30(28(27)24-16-18-33(6,7)19-17-24)25-14-15-26(35)34(21-25)20-23-12-10-9-11-13-23;1-20-25(27(29(34)35)36-30(2,3)4)26(22-14-16-31(5,6)17-15-22)28(37-20)23-12-13-24(33)32(19-23)18-21-10-8-7-9-11-21;1-8-24-19(23)17(25-20(3,4)5)15-13(2)26-18(22)16(15)14-9-11-21(6,7)12-10-14;1-17(2)18(3,4)23-19(22-17)15-10-11-16(21)20(13-15)12-14-8-6-5-7-9-14;1-4(2)3/h9-16,21,29H,8,17-20H2,1-7H3;7-14,19,27H,15-18H2,1-6H3,(H,34,35);9,17H,8,10-12H2,1-7H3;5-11,13H,12H2,1-4H3;4H,1-3H3. The quantitative estimate of drug-likeness (QED) is 0.0468. The van der Waals surface area contributed by atoms with Crippen molar-refractivity contribution in [1.29, 1.82) is 0 Å². The smallest absolute Gasteiger partial charge is 0.479 e. The largest absolute Gasteiger partial charge is 0.496 e. The average molecular weight is 1840 g/mol. The molecule has 3 aliphatic carbocycles. The fourth-order valence-electron chi connectivity index (χ4n) is 15.7. The maximum atomic E-state index is 13.4. The van der Waals surface area contributed by atoms with Crippen LogP contribution in [-0.4, -0.2) is 85.1 Å². The number of hydrogen-bond acceptors (Lipinski definition) is 16. The first-order valence-corrected chi connectivity index (χ1v) is 48.3. The number of ether oxygens (including phenoxy) is 5. The number of aromatic nitrogens is 3. The summed E-state index contributed by atoms with van der Waals surface area (Å²) in [6, 6.07) is 40.2. The molecule has 3 aromatic carbocycles. The normalized spacial score (nSPS) is 16.9. The molecule has 1 fully saturated rings. The van der Waals surface area contributed by atoms with Gasteiger partial charge in [0.1, 0.15) is 4.34 Å². The SMILES string of the molecule is CC(C)C.CC1(C)OB(c2ccc(=O)n(Cc3ccccc3)c2)OC1(C)C.CCOC(=O)C(OC(C)(C)C)c1c(C)sc(-c2ccc(=O)n(Cc3ccccc3)c2)c1C1=CCC(C)(C)CC1.CCOC(=O)C(OC(C)(C)C)c1c(C)sc(Cl)c1C1=CCC(C)(C)CC1.Cc1sc(-c2ccc(=O)n(Cc3ccccc3)c2)c(C2=CCC(C)(C)CC2)c1C(OC(C)(C)C)C(=O)O. The van der Waals surface area contributed by atoms with Gasteiger partial charge in [0.25, 0.3) is 16.7 Å². The van der Waals surface area contributed by atoms with Crippen molar-refractivity contribution in [3.63, 3.8) is 0 Å². The maximum Gasteiger partial charge on any atom is 0.496 e. The molecule has 7 heterocycles. The predicted octanol–water partition coefficient (Wildman–Crippen LogP) is 26.0. The van der Waals surface area contributed by atoms with E-state index in [4.69, 9.17) is 44.6 Å². The Morgan fingerprint density at radius 1 is 0.450 bits per heavy atom. The minimum atomic E-state index is -1.08. The number of pyridine rings is 3. The van der Waals surface area contributed by atoms with E-state index >= 15 is 0 Å². The third-order valence-electron chi connectivity index (χ3n) is 23.3. The molecule has 3 atom stereocenters. The Kier molecular flexibility index (Phi) is 35.4. The zero-order chi connectivity index (χ0) is 95.3. The lowest BCUT2D eigenvalue weighted by molar-refractivity contribution is -0.167. The number of rotatable bonds is 23. The van der Waals surface area contributed by atoms with Gasteiger partial charge in [0, 0.05) is 106 Å². The van der Waals surface area contributed by atoms with Crippen LogP contribution in [0.1, 0.15) is 307 Å². The van der Waals surface area contributed by atoms with Gasteiger partial charge >= 0.3 is 25.0 Å². The highest BCUT2D eigenvalue weighted by atomic mass is 35.5. The van der Waals surface area contributed by atoms with Crippen molar-refractivity contribution in [1.82, 2.24) is 13.7 Å². The number of nitrogens with zero attached hydrogens (tertiary/aromatic N) is 3. The van der Waals surface area contributed by atoms with E-state index in [0.29, 0.717) is 31.7 Å². The van der Waals surface area contributed by atoms with Gasteiger partial charge in [0.2, 0.25) is 0 Å². The van der Waals surface area contributed by atoms with E-state index in [0.717, 1.165) is 159 Å². The van der Waals surface area contributed by atoms with Crippen molar-refractivity contribution < 1.29 is 52.5 Å². The minimum Gasteiger partial charge on any atom is -0.479 e. The number of thiophene rings is 3. The van der Waals surface area contributed by atoms with E-state index in [1.165, 1.54) is 28.1 Å². The third kappa shape index (κ3) is 29.0. The Hall–Kier alpha value is -8.61. The van der Waals surface area contributed by atoms with Crippen LogP contribution < -0.4 is 22.1 Å². The van der Waals surface area contributed by atoms with Crippen LogP contribution in [0.25, 0.3) is 37.6 Å². The summed E-state index contributed by atoms with van der Waals surface area (Å²) >= 11 is 11.4. The molecule has 6 aromatic heterocycles. The number of allylic oxidation sites excluding steroid dienone is 6. The van der Waals surface area contributed by atoms with Crippen LogP contribution in [0.2, 0.25) is 4.34 Å². The molecule has 22 heteroatoms. The minimum absolute atomic E-state index is 0.0332. The van der Waals surface area contributed by atoms with Crippen LogP contribution in [0.5, 0.6) is 0 Å². The molecule has 0 spiro atoms. The van der Waals surface area contributed by atoms with E-state index < -0.39 is 59.4 Å². The Morgan fingerprint density at radius 3 is 1.07 bits per heavy atom. The molecule has 1 N–H and O–H groups in total. The Labute approximate surface area is 784 Å². The number of carboxylic acid groups (broad SMARTS) is 1. The van der Waals surface area contributed by atoms with E-state index in [9.17, 15) is 33.9 Å². The Morgan fingerprint density at radius 2 is 0.752 bits per heavy atom. The van der Waals surface area contributed by atoms with E-state index in [-0.39, 0.29) is 46.1 Å². The fraction of sp³-hybridized carbons (Fsp3) is 0.495. The van der Waals surface area contributed by atoms with Gasteiger partial charge in [-0.3, -0.25) is 14.4 Å². The molecule has 0 radical (unpaired) electrons.